The molecule has 6 heteroatoms. The molecule has 62 heavy (non-hydrogen) atoms. The Hall–Kier alpha value is -5.69. The van der Waals surface area contributed by atoms with Gasteiger partial charge in [-0.05, 0) is 119 Å². The Balaban J connectivity index is 1.09. The molecule has 4 heterocycles. The molecule has 0 radical (unpaired) electrons. The van der Waals surface area contributed by atoms with Crippen LogP contribution in [0.3, 0.4) is 0 Å². The maximum absolute atomic E-state index is 6.85. The molecule has 3 nitrogen and oxygen atoms in total. The predicted molar refractivity (Wildman–Crippen MR) is 268 cm³/mol. The lowest BCUT2D eigenvalue weighted by molar-refractivity contribution is 0.589. The van der Waals surface area contributed by atoms with Crippen molar-refractivity contribution in [1.29, 1.82) is 0 Å². The lowest BCUT2D eigenvalue weighted by Gasteiger charge is -2.40. The molecule has 0 amide bonds. The van der Waals surface area contributed by atoms with Crippen LogP contribution in [-0.4, -0.2) is 6.71 Å². The lowest BCUT2D eigenvalue weighted by atomic mass is 9.37. The van der Waals surface area contributed by atoms with Crippen LogP contribution >= 0.6 is 23.1 Å². The van der Waals surface area contributed by atoms with Crippen LogP contribution in [0.25, 0.3) is 32.7 Å². The average Bonchev–Trinajstić information content (AvgIpc) is 3.85. The summed E-state index contributed by atoms with van der Waals surface area (Å²) in [4.78, 5) is 9.36. The molecule has 304 valence electrons. The lowest BCUT2D eigenvalue weighted by Crippen LogP contribution is -2.59. The van der Waals surface area contributed by atoms with Gasteiger partial charge in [-0.2, -0.15) is 11.3 Å². The van der Waals surface area contributed by atoms with Gasteiger partial charge in [0.1, 0.15) is 5.58 Å². The molecule has 9 aromatic rings. The van der Waals surface area contributed by atoms with E-state index in [0.717, 1.165) is 35.4 Å². The van der Waals surface area contributed by atoms with Crippen molar-refractivity contribution >= 4 is 112 Å². The minimum absolute atomic E-state index is 0.0561. The van der Waals surface area contributed by atoms with Crippen molar-refractivity contribution in [2.75, 3.05) is 9.80 Å². The van der Waals surface area contributed by atoms with E-state index in [-0.39, 0.29) is 17.5 Å². The van der Waals surface area contributed by atoms with E-state index in [1.807, 2.05) is 11.8 Å². The van der Waals surface area contributed by atoms with Crippen LogP contribution in [-0.2, 0) is 23.7 Å². The maximum Gasteiger partial charge on any atom is 0.262 e. The molecule has 0 unspecified atom stereocenters. The van der Waals surface area contributed by atoms with Crippen LogP contribution in [0.4, 0.5) is 34.1 Å². The zero-order valence-electron chi connectivity index (χ0n) is 36.3. The third kappa shape index (κ3) is 5.86. The molecule has 1 aliphatic carbocycles. The first-order valence-electron chi connectivity index (χ1n) is 22.2. The van der Waals surface area contributed by atoms with Gasteiger partial charge in [0, 0.05) is 52.7 Å². The Morgan fingerprint density at radius 3 is 2.15 bits per heavy atom. The molecule has 2 aromatic heterocycles. The molecule has 0 saturated heterocycles. The summed E-state index contributed by atoms with van der Waals surface area (Å²) in [7, 11) is 0. The van der Waals surface area contributed by atoms with Crippen molar-refractivity contribution in [3.63, 3.8) is 0 Å². The van der Waals surface area contributed by atoms with E-state index >= 15 is 0 Å². The quantitative estimate of drug-likeness (QED) is 0.164. The van der Waals surface area contributed by atoms with E-state index in [1.54, 1.807) is 4.88 Å². The maximum atomic E-state index is 6.85. The number of nitrogens with zero attached hydrogens (tertiary/aromatic N) is 2. The highest BCUT2D eigenvalue weighted by molar-refractivity contribution is 8.00. The second-order valence-corrected chi connectivity index (χ2v) is 21.8. The van der Waals surface area contributed by atoms with Crippen molar-refractivity contribution in [2.24, 2.45) is 0 Å². The molecule has 3 aliphatic rings. The Kier molecular flexibility index (Phi) is 8.53. The van der Waals surface area contributed by atoms with Crippen molar-refractivity contribution in [2.45, 2.75) is 87.8 Å². The van der Waals surface area contributed by atoms with Gasteiger partial charge in [0.25, 0.3) is 6.71 Å². The Labute approximate surface area is 373 Å². The van der Waals surface area contributed by atoms with Gasteiger partial charge < -0.3 is 14.2 Å². The van der Waals surface area contributed by atoms with Crippen LogP contribution in [0.2, 0.25) is 0 Å². The molecule has 0 atom stereocenters. The number of anilines is 6. The van der Waals surface area contributed by atoms with Gasteiger partial charge in [-0.15, -0.1) is 0 Å². The number of benzene rings is 7. The van der Waals surface area contributed by atoms with E-state index in [0.29, 0.717) is 0 Å². The molecule has 0 N–H and O–H groups in total. The van der Waals surface area contributed by atoms with Crippen LogP contribution in [0.5, 0.6) is 0 Å². The molecular weight excluding hydrogens is 792 g/mol. The SMILES string of the molecule is CC(C)(C)c1ccc(N(c2ccc3c(c2)Sc2cc(C(C)(C)C)cc4c2B3c2sc3c(c2N4c2cccc4c2oc2ccccc24)CCCC3)c2cccc3ccccc23)cc1. The first kappa shape index (κ1) is 38.0. The minimum Gasteiger partial charge on any atom is -0.454 e. The number of para-hydroxylation sites is 2. The molecule has 0 spiro atoms. The summed E-state index contributed by atoms with van der Waals surface area (Å²) in [5.74, 6) is 0. The highest BCUT2D eigenvalue weighted by atomic mass is 32.2. The van der Waals surface area contributed by atoms with E-state index in [1.165, 1.54) is 99.3 Å². The summed E-state index contributed by atoms with van der Waals surface area (Å²) in [6, 6.07) is 52.4. The topological polar surface area (TPSA) is 19.6 Å². The third-order valence-corrected chi connectivity index (χ3v) is 16.1. The van der Waals surface area contributed by atoms with E-state index in [4.69, 9.17) is 4.42 Å². The molecule has 12 rings (SSSR count). The fourth-order valence-electron chi connectivity index (χ4n) is 10.4. The van der Waals surface area contributed by atoms with Crippen LogP contribution in [0, 0.1) is 0 Å². The van der Waals surface area contributed by atoms with Gasteiger partial charge in [-0.25, -0.2) is 0 Å². The first-order chi connectivity index (χ1) is 30.0. The molecular formula is C56H49BN2OS2. The predicted octanol–water partition coefficient (Wildman–Crippen LogP) is 14.5. The summed E-state index contributed by atoms with van der Waals surface area (Å²) in [6.45, 7) is 14.1. The standard InChI is InChI=1S/C56H49BN2OS2/c1-55(2,3)35-25-27-37(28-26-35)58(44-21-13-16-34-15-7-8-17-39(34)44)38-29-30-43-49(33-38)61-50-32-36(56(4,5)6)31-46-51(50)57(43)54-52(42-19-10-12-24-48(42)62-54)59(46)45-22-14-20-41-40-18-9-11-23-47(40)60-53(41)45/h7-9,11,13-18,20-23,25-33H,10,12,19,24H2,1-6H3. The van der Waals surface area contributed by atoms with Crippen LogP contribution in [0.15, 0.2) is 154 Å². The van der Waals surface area contributed by atoms with Crippen molar-refractivity contribution < 1.29 is 4.42 Å². The number of furan rings is 1. The zero-order chi connectivity index (χ0) is 42.1. The summed E-state index contributed by atoms with van der Waals surface area (Å²) < 4.78 is 8.32. The van der Waals surface area contributed by atoms with Gasteiger partial charge >= 0.3 is 0 Å². The molecule has 0 fully saturated rings. The molecule has 7 aromatic carbocycles. The van der Waals surface area contributed by atoms with Gasteiger partial charge in [0.15, 0.2) is 5.58 Å². The average molecular weight is 841 g/mol. The Bertz CT molecular complexity index is 3270. The number of hydrogen-bond donors (Lipinski definition) is 0. The molecule has 2 aliphatic heterocycles. The number of aryl methyl sites for hydroxylation is 1. The van der Waals surface area contributed by atoms with Crippen molar-refractivity contribution in [3.05, 3.63) is 161 Å². The monoisotopic (exact) mass is 840 g/mol. The summed E-state index contributed by atoms with van der Waals surface area (Å²) in [6.07, 6.45) is 4.73. The minimum atomic E-state index is -0.0561. The van der Waals surface area contributed by atoms with Crippen LogP contribution in [0.1, 0.15) is 76.0 Å². The second-order valence-electron chi connectivity index (χ2n) is 19.6. The summed E-state index contributed by atoms with van der Waals surface area (Å²) in [5, 5.41) is 4.82. The zero-order valence-corrected chi connectivity index (χ0v) is 37.9. The second kappa shape index (κ2) is 13.9. The molecule has 0 saturated carbocycles. The van der Waals surface area contributed by atoms with Gasteiger partial charge in [0.2, 0.25) is 0 Å². The summed E-state index contributed by atoms with van der Waals surface area (Å²) >= 11 is 4.03. The highest BCUT2D eigenvalue weighted by Crippen LogP contribution is 2.51. The Morgan fingerprint density at radius 2 is 1.32 bits per heavy atom. The normalized spacial score (nSPS) is 14.5. The van der Waals surface area contributed by atoms with Gasteiger partial charge in [-0.3, -0.25) is 0 Å². The largest absolute Gasteiger partial charge is 0.454 e. The highest BCUT2D eigenvalue weighted by Gasteiger charge is 2.45. The van der Waals surface area contributed by atoms with E-state index in [9.17, 15) is 0 Å². The van der Waals surface area contributed by atoms with E-state index in [2.05, 4.69) is 202 Å². The fraction of sp³-hybridized carbons (Fsp3) is 0.214. The molecule has 0 bridgehead atoms. The summed E-state index contributed by atoms with van der Waals surface area (Å²) in [5.41, 5.74) is 16.3. The number of hydrogen-bond acceptors (Lipinski definition) is 5. The van der Waals surface area contributed by atoms with Crippen molar-refractivity contribution in [1.82, 2.24) is 0 Å². The smallest absolute Gasteiger partial charge is 0.262 e. The first-order valence-corrected chi connectivity index (χ1v) is 23.9. The van der Waals surface area contributed by atoms with Crippen molar-refractivity contribution in [3.8, 4) is 0 Å². The van der Waals surface area contributed by atoms with Gasteiger partial charge in [0.05, 0.1) is 17.1 Å². The van der Waals surface area contributed by atoms with Crippen LogP contribution < -0.4 is 25.5 Å². The van der Waals surface area contributed by atoms with Gasteiger partial charge in [-0.1, -0.05) is 144 Å². The number of fused-ring (bicyclic) bond motifs is 10. The Morgan fingerprint density at radius 1 is 0.613 bits per heavy atom. The van der Waals surface area contributed by atoms with E-state index < -0.39 is 0 Å². The fourth-order valence-corrected chi connectivity index (χ4v) is 13.1. The number of thiophene rings is 1. The number of rotatable bonds is 4. The third-order valence-electron chi connectivity index (χ3n) is 13.6.